The van der Waals surface area contributed by atoms with E-state index in [4.69, 9.17) is 4.74 Å². The predicted octanol–water partition coefficient (Wildman–Crippen LogP) is 4.13. The Labute approximate surface area is 115 Å². The summed E-state index contributed by atoms with van der Waals surface area (Å²) in [5.74, 6) is 0. The molecule has 110 valence electrons. The predicted molar refractivity (Wildman–Crippen MR) is 74.9 cm³/mol. The summed E-state index contributed by atoms with van der Waals surface area (Å²) in [6.07, 6.45) is 7.14. The lowest BCUT2D eigenvalue weighted by Gasteiger charge is -2.27. The van der Waals surface area contributed by atoms with Gasteiger partial charge in [0.1, 0.15) is 5.60 Å². The smallest absolute Gasteiger partial charge is 0.407 e. The van der Waals surface area contributed by atoms with E-state index in [1.807, 2.05) is 20.8 Å². The maximum absolute atomic E-state index is 12.0. The van der Waals surface area contributed by atoms with Gasteiger partial charge in [-0.2, -0.15) is 0 Å². The highest BCUT2D eigenvalue weighted by Crippen LogP contribution is 2.24. The molecule has 0 aromatic rings. The van der Waals surface area contributed by atoms with Gasteiger partial charge in [-0.25, -0.2) is 4.79 Å². The molecule has 0 bridgehead atoms. The number of unbranched alkanes of at least 4 members (excludes halogenated alkanes) is 1. The maximum atomic E-state index is 12.0. The third-order valence-electron chi connectivity index (χ3n) is 3.12. The second kappa shape index (κ2) is 7.51. The lowest BCUT2D eigenvalue weighted by molar-refractivity contribution is 0.0496. The van der Waals surface area contributed by atoms with Gasteiger partial charge < -0.3 is 10.1 Å². The average Bonchev–Trinajstić information content (AvgIpc) is 2.29. The summed E-state index contributed by atoms with van der Waals surface area (Å²) in [5.41, 5.74) is 0.951. The summed E-state index contributed by atoms with van der Waals surface area (Å²) < 4.78 is 17.2. The minimum atomic E-state index is -0.448. The molecule has 19 heavy (non-hydrogen) atoms. The van der Waals surface area contributed by atoms with E-state index in [9.17, 15) is 9.18 Å². The molecule has 0 atom stereocenters. The molecule has 1 fully saturated rings. The molecule has 1 saturated carbocycles. The Morgan fingerprint density at radius 2 is 2.05 bits per heavy atom. The molecule has 1 rings (SSSR count). The molecule has 3 nitrogen and oxygen atoms in total. The van der Waals surface area contributed by atoms with Gasteiger partial charge in [0.15, 0.2) is 0 Å². The lowest BCUT2D eigenvalue weighted by Crippen LogP contribution is -2.40. The van der Waals surface area contributed by atoms with Crippen LogP contribution in [-0.2, 0) is 4.74 Å². The Morgan fingerprint density at radius 3 is 2.58 bits per heavy atom. The largest absolute Gasteiger partial charge is 0.444 e. The lowest BCUT2D eigenvalue weighted by atomic mass is 9.90. The minimum Gasteiger partial charge on any atom is -0.444 e. The normalized spacial score (nSPS) is 20.0. The van der Waals surface area contributed by atoms with Gasteiger partial charge >= 0.3 is 6.09 Å². The number of hydrogen-bond acceptors (Lipinski definition) is 2. The first-order valence-corrected chi connectivity index (χ1v) is 7.14. The summed E-state index contributed by atoms with van der Waals surface area (Å²) in [6, 6.07) is 0.202. The van der Waals surface area contributed by atoms with E-state index in [1.165, 1.54) is 5.57 Å². The monoisotopic (exact) mass is 271 g/mol. The van der Waals surface area contributed by atoms with Gasteiger partial charge in [-0.15, -0.1) is 0 Å². The Bertz CT molecular complexity index is 311. The van der Waals surface area contributed by atoms with E-state index in [0.717, 1.165) is 32.1 Å². The molecule has 1 amide bonds. The first kappa shape index (κ1) is 16.0. The van der Waals surface area contributed by atoms with E-state index in [0.29, 0.717) is 6.42 Å². The van der Waals surface area contributed by atoms with Crippen molar-refractivity contribution in [3.8, 4) is 0 Å². The quantitative estimate of drug-likeness (QED) is 0.616. The van der Waals surface area contributed by atoms with Crippen LogP contribution in [0.2, 0.25) is 0 Å². The molecule has 0 aromatic carbocycles. The van der Waals surface area contributed by atoms with E-state index < -0.39 is 5.60 Å². The van der Waals surface area contributed by atoms with Crippen molar-refractivity contribution in [2.24, 2.45) is 0 Å². The van der Waals surface area contributed by atoms with Crippen molar-refractivity contribution < 1.29 is 13.9 Å². The second-order valence-electron chi connectivity index (χ2n) is 6.11. The van der Waals surface area contributed by atoms with Gasteiger partial charge in [0.25, 0.3) is 0 Å². The number of nitrogens with one attached hydrogen (secondary N) is 1. The fraction of sp³-hybridized carbons (Fsp3) is 0.800. The Balaban J connectivity index is 2.26. The number of rotatable bonds is 4. The minimum absolute atomic E-state index is 0.202. The third-order valence-corrected chi connectivity index (χ3v) is 3.12. The molecule has 1 aliphatic carbocycles. The molecular formula is C15H26FNO2. The topological polar surface area (TPSA) is 38.3 Å². The zero-order chi connectivity index (χ0) is 14.3. The Kier molecular flexibility index (Phi) is 6.32. The van der Waals surface area contributed by atoms with Crippen LogP contribution in [0.3, 0.4) is 0 Å². The number of hydrogen-bond donors (Lipinski definition) is 1. The number of halogens is 1. The first-order valence-electron chi connectivity index (χ1n) is 7.14. The fourth-order valence-corrected chi connectivity index (χ4v) is 2.19. The number of carbonyl (C=O) groups is 1. The highest BCUT2D eigenvalue weighted by Gasteiger charge is 2.21. The van der Waals surface area contributed by atoms with Crippen LogP contribution in [0.25, 0.3) is 0 Å². The van der Waals surface area contributed by atoms with Gasteiger partial charge in [-0.05, 0) is 59.3 Å². The molecule has 0 heterocycles. The van der Waals surface area contributed by atoms with Crippen LogP contribution < -0.4 is 5.32 Å². The summed E-state index contributed by atoms with van der Waals surface area (Å²) in [4.78, 5) is 11.6. The van der Waals surface area contributed by atoms with Crippen LogP contribution >= 0.6 is 0 Å². The summed E-state index contributed by atoms with van der Waals surface area (Å²) >= 11 is 0. The number of ether oxygens (including phenoxy) is 1. The number of alkyl halides is 1. The van der Waals surface area contributed by atoms with Crippen LogP contribution in [0, 0.1) is 0 Å². The van der Waals surface area contributed by atoms with Gasteiger partial charge in [0, 0.05) is 6.04 Å². The SMILES string of the molecule is CC(C)(C)OC(=O)NC1CCC(=CCCCF)CC1. The van der Waals surface area contributed by atoms with Crippen molar-refractivity contribution in [2.45, 2.75) is 70.9 Å². The third kappa shape index (κ3) is 7.19. The standard InChI is InChI=1S/C15H26FNO2/c1-15(2,3)19-14(18)17-13-9-7-12(8-10-13)6-4-5-11-16/h6,13H,4-5,7-11H2,1-3H3,(H,17,18). The Morgan fingerprint density at radius 1 is 1.42 bits per heavy atom. The highest BCUT2D eigenvalue weighted by atomic mass is 19.1. The van der Waals surface area contributed by atoms with Crippen LogP contribution in [0.15, 0.2) is 11.6 Å². The first-order chi connectivity index (χ1) is 8.90. The van der Waals surface area contributed by atoms with Crippen LogP contribution in [0.5, 0.6) is 0 Å². The molecule has 0 aliphatic heterocycles. The van der Waals surface area contributed by atoms with Crippen molar-refractivity contribution in [3.63, 3.8) is 0 Å². The summed E-state index contributed by atoms with van der Waals surface area (Å²) in [5, 5.41) is 2.91. The van der Waals surface area contributed by atoms with E-state index in [-0.39, 0.29) is 18.8 Å². The van der Waals surface area contributed by atoms with Crippen LogP contribution in [0.1, 0.15) is 59.3 Å². The zero-order valence-electron chi connectivity index (χ0n) is 12.3. The average molecular weight is 271 g/mol. The number of allylic oxidation sites excluding steroid dienone is 2. The molecule has 0 unspecified atom stereocenters. The highest BCUT2D eigenvalue weighted by molar-refractivity contribution is 5.68. The maximum Gasteiger partial charge on any atom is 0.407 e. The van der Waals surface area contributed by atoms with E-state index >= 15 is 0 Å². The summed E-state index contributed by atoms with van der Waals surface area (Å²) in [7, 11) is 0. The second-order valence-corrected chi connectivity index (χ2v) is 6.11. The van der Waals surface area contributed by atoms with E-state index in [2.05, 4.69) is 11.4 Å². The van der Waals surface area contributed by atoms with E-state index in [1.54, 1.807) is 0 Å². The fourth-order valence-electron chi connectivity index (χ4n) is 2.19. The molecule has 1 aliphatic rings. The molecule has 1 N–H and O–H groups in total. The van der Waals surface area contributed by atoms with Gasteiger partial charge in [0.2, 0.25) is 0 Å². The molecule has 0 radical (unpaired) electrons. The number of carbonyl (C=O) groups excluding carboxylic acids is 1. The van der Waals surface area contributed by atoms with Crippen molar-refractivity contribution in [2.75, 3.05) is 6.67 Å². The zero-order valence-corrected chi connectivity index (χ0v) is 12.3. The van der Waals surface area contributed by atoms with Gasteiger partial charge in [-0.1, -0.05) is 11.6 Å². The molecule has 0 spiro atoms. The van der Waals surface area contributed by atoms with Crippen molar-refractivity contribution in [1.29, 1.82) is 0 Å². The summed E-state index contributed by atoms with van der Waals surface area (Å²) in [6.45, 7) is 5.34. The van der Waals surface area contributed by atoms with Crippen molar-refractivity contribution >= 4 is 6.09 Å². The van der Waals surface area contributed by atoms with Crippen molar-refractivity contribution in [3.05, 3.63) is 11.6 Å². The Hall–Kier alpha value is -1.06. The number of alkyl carbamates (subject to hydrolysis) is 1. The van der Waals surface area contributed by atoms with Crippen LogP contribution in [0.4, 0.5) is 9.18 Å². The molecule has 0 aromatic heterocycles. The molecule has 0 saturated heterocycles. The van der Waals surface area contributed by atoms with Gasteiger partial charge in [0.05, 0.1) is 6.67 Å². The molecular weight excluding hydrogens is 245 g/mol. The number of amides is 1. The van der Waals surface area contributed by atoms with Crippen LogP contribution in [-0.4, -0.2) is 24.4 Å². The van der Waals surface area contributed by atoms with Gasteiger partial charge in [-0.3, -0.25) is 4.39 Å². The van der Waals surface area contributed by atoms with Crippen molar-refractivity contribution in [1.82, 2.24) is 5.32 Å². The molecule has 4 heteroatoms.